The van der Waals surface area contributed by atoms with Crippen LogP contribution in [0.2, 0.25) is 5.02 Å². The molecule has 0 spiro atoms. The first kappa shape index (κ1) is 17.2. The third kappa shape index (κ3) is 3.41. The highest BCUT2D eigenvalue weighted by molar-refractivity contribution is 7.89. The third-order valence-corrected chi connectivity index (χ3v) is 4.78. The molecule has 0 saturated heterocycles. The average molecular weight is 377 g/mol. The summed E-state index contributed by atoms with van der Waals surface area (Å²) in [6.45, 7) is 0. The van der Waals surface area contributed by atoms with E-state index in [2.05, 4.69) is 10.2 Å². The van der Waals surface area contributed by atoms with Crippen molar-refractivity contribution in [2.75, 3.05) is 0 Å². The highest BCUT2D eigenvalue weighted by Crippen LogP contribution is 2.34. The van der Waals surface area contributed by atoms with Gasteiger partial charge in [-0.05, 0) is 29.8 Å². The number of amides is 1. The maximum atomic E-state index is 11.7. The Hall–Kier alpha value is -2.68. The van der Waals surface area contributed by atoms with Gasteiger partial charge in [-0.15, -0.1) is 0 Å². The van der Waals surface area contributed by atoms with Gasteiger partial charge in [0, 0.05) is 16.1 Å². The van der Waals surface area contributed by atoms with Gasteiger partial charge in [0.05, 0.1) is 4.90 Å². The molecule has 0 atom stereocenters. The van der Waals surface area contributed by atoms with Gasteiger partial charge < -0.3 is 5.73 Å². The van der Waals surface area contributed by atoms with Crippen molar-refractivity contribution in [3.8, 4) is 22.4 Å². The number of halogens is 1. The first-order valence-corrected chi connectivity index (χ1v) is 8.97. The summed E-state index contributed by atoms with van der Waals surface area (Å²) in [6, 6.07) is 12.7. The van der Waals surface area contributed by atoms with Crippen molar-refractivity contribution in [3.63, 3.8) is 0 Å². The Labute approximate surface area is 148 Å². The largest absolute Gasteiger partial charge is 0.364 e. The average Bonchev–Trinajstić information content (AvgIpc) is 3.00. The summed E-state index contributed by atoms with van der Waals surface area (Å²) in [5, 5.41) is 12.5. The van der Waals surface area contributed by atoms with Crippen LogP contribution in [0.3, 0.4) is 0 Å². The molecule has 0 radical (unpaired) electrons. The van der Waals surface area contributed by atoms with E-state index in [0.29, 0.717) is 21.8 Å². The predicted molar refractivity (Wildman–Crippen MR) is 94.4 cm³/mol. The summed E-state index contributed by atoms with van der Waals surface area (Å²) in [7, 11) is -3.81. The van der Waals surface area contributed by atoms with E-state index in [9.17, 15) is 13.2 Å². The maximum Gasteiger partial charge on any atom is 0.267 e. The molecule has 3 aromatic rings. The number of carbonyl (C=O) groups excluding carboxylic acids is 1. The van der Waals surface area contributed by atoms with Crippen LogP contribution in [0, 0.1) is 0 Å². The van der Waals surface area contributed by atoms with Crippen molar-refractivity contribution in [2.45, 2.75) is 4.90 Å². The lowest BCUT2D eigenvalue weighted by atomic mass is 9.99. The summed E-state index contributed by atoms with van der Waals surface area (Å²) in [5.41, 5.74) is 7.79. The van der Waals surface area contributed by atoms with Gasteiger partial charge in [-0.1, -0.05) is 35.9 Å². The first-order valence-electron chi connectivity index (χ1n) is 7.04. The van der Waals surface area contributed by atoms with Crippen LogP contribution in [0.15, 0.2) is 53.4 Å². The molecular formula is C16H13ClN4O3S. The second kappa shape index (κ2) is 6.32. The molecule has 0 bridgehead atoms. The van der Waals surface area contributed by atoms with E-state index in [0.717, 1.165) is 5.56 Å². The number of rotatable bonds is 4. The molecule has 0 aliphatic carbocycles. The number of primary amides is 1. The molecule has 0 fully saturated rings. The summed E-state index contributed by atoms with van der Waals surface area (Å²) < 4.78 is 22.8. The molecule has 9 heteroatoms. The van der Waals surface area contributed by atoms with Crippen LogP contribution in [-0.2, 0) is 10.0 Å². The van der Waals surface area contributed by atoms with Gasteiger partial charge in [0.25, 0.3) is 5.91 Å². The molecule has 0 saturated carbocycles. The summed E-state index contributed by atoms with van der Waals surface area (Å²) in [5.74, 6) is -0.682. The fourth-order valence-electron chi connectivity index (χ4n) is 2.43. The molecule has 3 rings (SSSR count). The second-order valence-electron chi connectivity index (χ2n) is 5.26. The van der Waals surface area contributed by atoms with E-state index in [1.165, 1.54) is 24.3 Å². The maximum absolute atomic E-state index is 11.7. The van der Waals surface area contributed by atoms with Gasteiger partial charge in [-0.3, -0.25) is 9.89 Å². The van der Waals surface area contributed by atoms with Gasteiger partial charge in [0.1, 0.15) is 11.4 Å². The number of sulfonamides is 1. The van der Waals surface area contributed by atoms with E-state index in [1.807, 2.05) is 0 Å². The number of H-pyrrole nitrogens is 1. The number of hydrogen-bond donors (Lipinski definition) is 3. The molecule has 1 amide bonds. The molecule has 1 aromatic heterocycles. The van der Waals surface area contributed by atoms with E-state index >= 15 is 0 Å². The number of primary sulfonamides is 1. The van der Waals surface area contributed by atoms with E-state index in [-0.39, 0.29) is 10.6 Å². The Morgan fingerprint density at radius 2 is 1.56 bits per heavy atom. The molecule has 25 heavy (non-hydrogen) atoms. The van der Waals surface area contributed by atoms with Gasteiger partial charge in [-0.25, -0.2) is 13.6 Å². The van der Waals surface area contributed by atoms with Crippen molar-refractivity contribution in [3.05, 3.63) is 59.2 Å². The topological polar surface area (TPSA) is 132 Å². The van der Waals surface area contributed by atoms with Crippen molar-refractivity contribution < 1.29 is 13.2 Å². The fourth-order valence-corrected chi connectivity index (χ4v) is 3.07. The SMILES string of the molecule is NC(=O)c1[nH]nc(-c2ccc(Cl)cc2)c1-c1ccc(S(N)(=O)=O)cc1. The number of nitrogens with one attached hydrogen (secondary N) is 1. The van der Waals surface area contributed by atoms with Crippen LogP contribution in [-0.4, -0.2) is 24.5 Å². The van der Waals surface area contributed by atoms with Crippen LogP contribution in [0.1, 0.15) is 10.5 Å². The zero-order valence-corrected chi connectivity index (χ0v) is 14.3. The van der Waals surface area contributed by atoms with Crippen LogP contribution >= 0.6 is 11.6 Å². The summed E-state index contributed by atoms with van der Waals surface area (Å²) in [4.78, 5) is 11.7. The van der Waals surface area contributed by atoms with Gasteiger partial charge in [0.2, 0.25) is 10.0 Å². The van der Waals surface area contributed by atoms with E-state index in [1.54, 1.807) is 24.3 Å². The predicted octanol–water partition coefficient (Wildman–Crippen LogP) is 2.14. The van der Waals surface area contributed by atoms with Crippen LogP contribution in [0.25, 0.3) is 22.4 Å². The van der Waals surface area contributed by atoms with Crippen molar-refractivity contribution >= 4 is 27.5 Å². The number of nitrogens with two attached hydrogens (primary N) is 2. The molecule has 0 unspecified atom stereocenters. The number of carbonyl (C=O) groups is 1. The standard InChI is InChI=1S/C16H13ClN4O3S/c17-11-5-1-10(2-6-11)14-13(15(16(18)22)21-20-14)9-3-7-12(8-4-9)25(19,23)24/h1-8H,(H2,18,22)(H,20,21)(H2,19,23,24). The van der Waals surface area contributed by atoms with E-state index in [4.69, 9.17) is 22.5 Å². The molecular weight excluding hydrogens is 364 g/mol. The number of aromatic nitrogens is 2. The fraction of sp³-hybridized carbons (Fsp3) is 0. The van der Waals surface area contributed by atoms with Crippen molar-refractivity contribution in [2.24, 2.45) is 10.9 Å². The normalized spacial score (nSPS) is 11.4. The zero-order valence-electron chi connectivity index (χ0n) is 12.7. The minimum Gasteiger partial charge on any atom is -0.364 e. The first-order chi connectivity index (χ1) is 11.8. The van der Waals surface area contributed by atoms with Crippen LogP contribution < -0.4 is 10.9 Å². The second-order valence-corrected chi connectivity index (χ2v) is 7.26. The van der Waals surface area contributed by atoms with Crippen LogP contribution in [0.5, 0.6) is 0 Å². The summed E-state index contributed by atoms with van der Waals surface area (Å²) in [6.07, 6.45) is 0. The zero-order chi connectivity index (χ0) is 18.2. The molecule has 5 N–H and O–H groups in total. The van der Waals surface area contributed by atoms with Crippen LogP contribution in [0.4, 0.5) is 0 Å². The Balaban J connectivity index is 2.18. The van der Waals surface area contributed by atoms with Gasteiger partial charge in [-0.2, -0.15) is 5.10 Å². The van der Waals surface area contributed by atoms with E-state index < -0.39 is 15.9 Å². The monoisotopic (exact) mass is 376 g/mol. The van der Waals surface area contributed by atoms with Gasteiger partial charge >= 0.3 is 0 Å². The molecule has 1 heterocycles. The van der Waals surface area contributed by atoms with Gasteiger partial charge in [0.15, 0.2) is 0 Å². The molecule has 0 aliphatic rings. The Morgan fingerprint density at radius 1 is 1.00 bits per heavy atom. The molecule has 128 valence electrons. The third-order valence-electron chi connectivity index (χ3n) is 3.60. The lowest BCUT2D eigenvalue weighted by molar-refractivity contribution is 0.0996. The number of hydrogen-bond acceptors (Lipinski definition) is 4. The minimum atomic E-state index is -3.81. The highest BCUT2D eigenvalue weighted by atomic mass is 35.5. The molecule has 0 aliphatic heterocycles. The van der Waals surface area contributed by atoms with Crippen molar-refractivity contribution in [1.82, 2.24) is 10.2 Å². The number of benzene rings is 2. The minimum absolute atomic E-state index is 0.0339. The smallest absolute Gasteiger partial charge is 0.267 e. The quantitative estimate of drug-likeness (QED) is 0.643. The molecule has 2 aromatic carbocycles. The Morgan fingerprint density at radius 3 is 2.08 bits per heavy atom. The summed E-state index contributed by atoms with van der Waals surface area (Å²) >= 11 is 5.90. The lowest BCUT2D eigenvalue weighted by Crippen LogP contribution is -2.13. The highest BCUT2D eigenvalue weighted by Gasteiger charge is 2.20. The lowest BCUT2D eigenvalue weighted by Gasteiger charge is -2.06. The Bertz CT molecular complexity index is 1040. The number of aromatic amines is 1. The molecule has 7 nitrogen and oxygen atoms in total. The number of nitrogens with zero attached hydrogens (tertiary/aromatic N) is 1. The Kier molecular flexibility index (Phi) is 4.34. The van der Waals surface area contributed by atoms with Crippen molar-refractivity contribution in [1.29, 1.82) is 0 Å².